The second kappa shape index (κ2) is 4.39. The highest BCUT2D eigenvalue weighted by atomic mass is 35.5. The molecule has 0 aliphatic rings. The first kappa shape index (κ1) is 10.5. The van der Waals surface area contributed by atoms with Gasteiger partial charge in [0.15, 0.2) is 5.78 Å². The van der Waals surface area contributed by atoms with Gasteiger partial charge in [-0.15, -0.1) is 11.6 Å². The maximum absolute atomic E-state index is 10.6. The quantitative estimate of drug-likeness (QED) is 0.374. The van der Waals surface area contributed by atoms with Crippen molar-refractivity contribution >= 4 is 17.4 Å². The van der Waals surface area contributed by atoms with Crippen molar-refractivity contribution in [2.45, 2.75) is 26.4 Å². The average Bonchev–Trinajstić information content (AvgIpc) is 1.85. The standard InChI is InChI=1S/C8H13ClO2/c1-8(2,3)11-5-4-7(10)6-9/h4-5H,6H2,1-3H3. The molecule has 0 aliphatic heterocycles. The first-order valence-electron chi connectivity index (χ1n) is 3.39. The van der Waals surface area contributed by atoms with Crippen LogP contribution in [0.15, 0.2) is 12.3 Å². The van der Waals surface area contributed by atoms with Gasteiger partial charge in [0, 0.05) is 6.08 Å². The Morgan fingerprint density at radius 1 is 1.55 bits per heavy atom. The molecule has 0 N–H and O–H groups in total. The Morgan fingerprint density at radius 3 is 2.45 bits per heavy atom. The number of rotatable bonds is 3. The molecule has 0 rings (SSSR count). The lowest BCUT2D eigenvalue weighted by molar-refractivity contribution is -0.112. The SMILES string of the molecule is CC(C)(C)OC=CC(=O)CCl. The van der Waals surface area contributed by atoms with Crippen LogP contribution in [-0.2, 0) is 9.53 Å². The minimum Gasteiger partial charge on any atom is -0.496 e. The Hall–Kier alpha value is -0.500. The molecule has 0 spiro atoms. The first-order valence-corrected chi connectivity index (χ1v) is 3.92. The molecule has 0 aromatic heterocycles. The fraction of sp³-hybridized carbons (Fsp3) is 0.625. The predicted octanol–water partition coefficient (Wildman–Crippen LogP) is 2.12. The van der Waals surface area contributed by atoms with Gasteiger partial charge in [-0.2, -0.15) is 0 Å². The van der Waals surface area contributed by atoms with E-state index in [1.165, 1.54) is 12.3 Å². The Labute approximate surface area is 72.2 Å². The molecule has 0 radical (unpaired) electrons. The number of ether oxygens (including phenoxy) is 1. The second-order valence-electron chi connectivity index (χ2n) is 3.13. The summed E-state index contributed by atoms with van der Waals surface area (Å²) in [6.07, 6.45) is 2.71. The largest absolute Gasteiger partial charge is 0.496 e. The van der Waals surface area contributed by atoms with Gasteiger partial charge in [-0.1, -0.05) is 0 Å². The summed E-state index contributed by atoms with van der Waals surface area (Å²) in [5.41, 5.74) is -0.247. The van der Waals surface area contributed by atoms with Gasteiger partial charge in [0.25, 0.3) is 0 Å². The second-order valence-corrected chi connectivity index (χ2v) is 3.40. The number of halogens is 1. The normalized spacial score (nSPS) is 12.0. The van der Waals surface area contributed by atoms with Gasteiger partial charge in [0.2, 0.25) is 0 Å². The van der Waals surface area contributed by atoms with Gasteiger partial charge in [-0.3, -0.25) is 4.79 Å². The zero-order valence-electron chi connectivity index (χ0n) is 7.06. The number of ketones is 1. The number of carbonyl (C=O) groups is 1. The fourth-order valence-corrected chi connectivity index (χ4v) is 0.448. The number of alkyl halides is 1. The van der Waals surface area contributed by atoms with Gasteiger partial charge >= 0.3 is 0 Å². The van der Waals surface area contributed by atoms with Crippen molar-refractivity contribution < 1.29 is 9.53 Å². The topological polar surface area (TPSA) is 26.3 Å². The number of carbonyl (C=O) groups excluding carboxylic acids is 1. The molecule has 0 amide bonds. The zero-order chi connectivity index (χ0) is 8.91. The molecule has 0 aromatic rings. The third-order valence-electron chi connectivity index (χ3n) is 0.807. The summed E-state index contributed by atoms with van der Waals surface area (Å²) in [7, 11) is 0. The molecular weight excluding hydrogens is 164 g/mol. The molecule has 11 heavy (non-hydrogen) atoms. The minimum atomic E-state index is -0.247. The van der Waals surface area contributed by atoms with E-state index in [1.54, 1.807) is 0 Å². The molecule has 64 valence electrons. The lowest BCUT2D eigenvalue weighted by atomic mass is 10.2. The smallest absolute Gasteiger partial charge is 0.173 e. The molecule has 0 saturated carbocycles. The van der Waals surface area contributed by atoms with E-state index < -0.39 is 0 Å². The van der Waals surface area contributed by atoms with E-state index >= 15 is 0 Å². The van der Waals surface area contributed by atoms with Gasteiger partial charge in [-0.25, -0.2) is 0 Å². The van der Waals surface area contributed by atoms with Crippen LogP contribution in [0.25, 0.3) is 0 Å². The molecule has 0 atom stereocenters. The summed E-state index contributed by atoms with van der Waals surface area (Å²) in [5, 5.41) is 0. The van der Waals surface area contributed by atoms with Crippen LogP contribution in [0.5, 0.6) is 0 Å². The fourth-order valence-electron chi connectivity index (χ4n) is 0.359. The molecule has 0 bridgehead atoms. The highest BCUT2D eigenvalue weighted by molar-refractivity contribution is 6.29. The maximum atomic E-state index is 10.6. The number of hydrogen-bond donors (Lipinski definition) is 0. The molecule has 2 nitrogen and oxygen atoms in total. The Morgan fingerprint density at radius 2 is 2.09 bits per heavy atom. The third-order valence-corrected chi connectivity index (χ3v) is 1.07. The summed E-state index contributed by atoms with van der Waals surface area (Å²) < 4.78 is 5.14. The van der Waals surface area contributed by atoms with Crippen LogP contribution >= 0.6 is 11.6 Å². The summed E-state index contributed by atoms with van der Waals surface area (Å²) in [4.78, 5) is 10.6. The van der Waals surface area contributed by atoms with Crippen LogP contribution in [0.4, 0.5) is 0 Å². The summed E-state index contributed by atoms with van der Waals surface area (Å²) in [5.74, 6) is -0.139. The van der Waals surface area contributed by atoms with Gasteiger partial charge in [0.05, 0.1) is 17.7 Å². The lowest BCUT2D eigenvalue weighted by Crippen LogP contribution is -2.15. The van der Waals surface area contributed by atoms with Crippen LogP contribution in [0.1, 0.15) is 20.8 Å². The zero-order valence-corrected chi connectivity index (χ0v) is 7.81. The Bertz CT molecular complexity index is 156. The molecule has 3 heteroatoms. The van der Waals surface area contributed by atoms with Gasteiger partial charge in [0.1, 0.15) is 0 Å². The van der Waals surface area contributed by atoms with Crippen LogP contribution in [0.3, 0.4) is 0 Å². The van der Waals surface area contributed by atoms with Gasteiger partial charge in [-0.05, 0) is 20.8 Å². The molecule has 0 aliphatic carbocycles. The van der Waals surface area contributed by atoms with E-state index in [1.807, 2.05) is 20.8 Å². The Kier molecular flexibility index (Phi) is 4.19. The molecular formula is C8H13ClO2. The van der Waals surface area contributed by atoms with Crippen molar-refractivity contribution in [1.29, 1.82) is 0 Å². The average molecular weight is 177 g/mol. The molecule has 0 heterocycles. The summed E-state index contributed by atoms with van der Waals surface area (Å²) in [6.45, 7) is 5.72. The van der Waals surface area contributed by atoms with E-state index in [2.05, 4.69) is 0 Å². The molecule has 0 aromatic carbocycles. The number of allylic oxidation sites excluding steroid dienone is 1. The monoisotopic (exact) mass is 176 g/mol. The van der Waals surface area contributed by atoms with Crippen molar-refractivity contribution in [2.75, 3.05) is 5.88 Å². The van der Waals surface area contributed by atoms with Crippen molar-refractivity contribution in [1.82, 2.24) is 0 Å². The highest BCUT2D eigenvalue weighted by Gasteiger charge is 2.07. The first-order chi connectivity index (χ1) is 4.95. The lowest BCUT2D eigenvalue weighted by Gasteiger charge is -2.17. The minimum absolute atomic E-state index is 0.00397. The van der Waals surface area contributed by atoms with Crippen molar-refractivity contribution in [2.24, 2.45) is 0 Å². The maximum Gasteiger partial charge on any atom is 0.173 e. The van der Waals surface area contributed by atoms with Crippen molar-refractivity contribution in [3.8, 4) is 0 Å². The van der Waals surface area contributed by atoms with E-state index in [0.717, 1.165) is 0 Å². The Balaban J connectivity index is 3.70. The van der Waals surface area contributed by atoms with Crippen LogP contribution in [-0.4, -0.2) is 17.3 Å². The predicted molar refractivity (Wildman–Crippen MR) is 45.7 cm³/mol. The summed E-state index contributed by atoms with van der Waals surface area (Å²) >= 11 is 5.25. The van der Waals surface area contributed by atoms with Crippen molar-refractivity contribution in [3.63, 3.8) is 0 Å². The van der Waals surface area contributed by atoms with E-state index in [0.29, 0.717) is 0 Å². The van der Waals surface area contributed by atoms with E-state index in [4.69, 9.17) is 16.3 Å². The van der Waals surface area contributed by atoms with E-state index in [9.17, 15) is 4.79 Å². The van der Waals surface area contributed by atoms with E-state index in [-0.39, 0.29) is 17.3 Å². The highest BCUT2D eigenvalue weighted by Crippen LogP contribution is 2.06. The number of hydrogen-bond acceptors (Lipinski definition) is 2. The van der Waals surface area contributed by atoms with Gasteiger partial charge < -0.3 is 4.74 Å². The molecule has 0 unspecified atom stereocenters. The van der Waals surface area contributed by atoms with Crippen LogP contribution in [0, 0.1) is 0 Å². The third kappa shape index (κ3) is 7.40. The summed E-state index contributed by atoms with van der Waals surface area (Å²) in [6, 6.07) is 0. The molecule has 0 saturated heterocycles. The van der Waals surface area contributed by atoms with Crippen molar-refractivity contribution in [3.05, 3.63) is 12.3 Å². The molecule has 0 fully saturated rings. The van der Waals surface area contributed by atoms with Crippen LogP contribution in [0.2, 0.25) is 0 Å². The van der Waals surface area contributed by atoms with Crippen LogP contribution < -0.4 is 0 Å².